The molecule has 2 saturated heterocycles. The molecule has 0 aliphatic carbocycles. The lowest BCUT2D eigenvalue weighted by Crippen LogP contribution is -2.55. The number of rotatable bonds is 2. The van der Waals surface area contributed by atoms with Crippen LogP contribution in [0.25, 0.3) is 0 Å². The van der Waals surface area contributed by atoms with Crippen LogP contribution in [0.5, 0.6) is 5.75 Å². The number of carbonyl (C=O) groups is 1. The van der Waals surface area contributed by atoms with E-state index in [2.05, 4.69) is 10.2 Å². The first-order chi connectivity index (χ1) is 10.2. The van der Waals surface area contributed by atoms with Gasteiger partial charge >= 0.3 is 0 Å². The smallest absolute Gasteiger partial charge is 0.239 e. The molecule has 2 fully saturated rings. The van der Waals surface area contributed by atoms with E-state index in [-0.39, 0.29) is 17.7 Å². The lowest BCUT2D eigenvalue weighted by Gasteiger charge is -2.38. The number of hydrogen-bond acceptors (Lipinski definition) is 4. The predicted octanol–water partition coefficient (Wildman–Crippen LogP) is 1.18. The number of aromatic hydroxyl groups is 1. The van der Waals surface area contributed by atoms with Gasteiger partial charge in [-0.25, -0.2) is 0 Å². The molecule has 2 N–H and O–H groups in total. The summed E-state index contributed by atoms with van der Waals surface area (Å²) in [5.74, 6) is 0.552. The van der Waals surface area contributed by atoms with Crippen molar-refractivity contribution in [1.29, 1.82) is 0 Å². The average molecular weight is 289 g/mol. The zero-order valence-corrected chi connectivity index (χ0v) is 12.3. The van der Waals surface area contributed by atoms with Crippen LogP contribution in [0.4, 0.5) is 5.69 Å². The highest BCUT2D eigenvalue weighted by molar-refractivity contribution is 5.82. The van der Waals surface area contributed by atoms with Crippen molar-refractivity contribution in [2.75, 3.05) is 37.6 Å². The zero-order chi connectivity index (χ0) is 14.7. The fourth-order valence-corrected chi connectivity index (χ4v) is 3.13. The molecule has 0 unspecified atom stereocenters. The second-order valence-electron chi connectivity index (χ2n) is 5.83. The van der Waals surface area contributed by atoms with E-state index in [0.29, 0.717) is 0 Å². The summed E-state index contributed by atoms with van der Waals surface area (Å²) in [4.78, 5) is 16.7. The van der Waals surface area contributed by atoms with E-state index in [4.69, 9.17) is 0 Å². The second kappa shape index (κ2) is 6.35. The van der Waals surface area contributed by atoms with Gasteiger partial charge in [-0.3, -0.25) is 4.79 Å². The van der Waals surface area contributed by atoms with E-state index in [1.165, 1.54) is 6.42 Å². The third kappa shape index (κ3) is 3.29. The van der Waals surface area contributed by atoms with Crippen LogP contribution in [0, 0.1) is 0 Å². The number of carbonyl (C=O) groups excluding carboxylic acids is 1. The van der Waals surface area contributed by atoms with Gasteiger partial charge in [0.25, 0.3) is 0 Å². The third-order valence-corrected chi connectivity index (χ3v) is 4.41. The summed E-state index contributed by atoms with van der Waals surface area (Å²) in [7, 11) is 0. The molecule has 2 heterocycles. The van der Waals surface area contributed by atoms with Crippen LogP contribution in [-0.4, -0.2) is 54.7 Å². The number of nitrogens with zero attached hydrogens (tertiary/aromatic N) is 2. The molecule has 0 aromatic heterocycles. The maximum absolute atomic E-state index is 12.5. The van der Waals surface area contributed by atoms with Gasteiger partial charge < -0.3 is 20.2 Å². The van der Waals surface area contributed by atoms with Crippen LogP contribution < -0.4 is 10.2 Å². The minimum absolute atomic E-state index is 0.0268. The van der Waals surface area contributed by atoms with E-state index in [9.17, 15) is 9.90 Å². The Kier molecular flexibility index (Phi) is 4.29. The first-order valence-corrected chi connectivity index (χ1v) is 7.80. The Hall–Kier alpha value is -1.75. The normalized spacial score (nSPS) is 23.1. The monoisotopic (exact) mass is 289 g/mol. The summed E-state index contributed by atoms with van der Waals surface area (Å²) in [5.41, 5.74) is 1.11. The Bertz CT molecular complexity index is 475. The number of anilines is 1. The van der Waals surface area contributed by atoms with Gasteiger partial charge in [-0.15, -0.1) is 0 Å². The summed E-state index contributed by atoms with van der Waals surface area (Å²) in [6, 6.07) is 7.29. The van der Waals surface area contributed by atoms with Gasteiger partial charge in [-0.1, -0.05) is 6.42 Å². The maximum atomic E-state index is 12.5. The van der Waals surface area contributed by atoms with Gasteiger partial charge in [-0.05, 0) is 43.7 Å². The van der Waals surface area contributed by atoms with Crippen molar-refractivity contribution in [1.82, 2.24) is 10.2 Å². The zero-order valence-electron chi connectivity index (χ0n) is 12.3. The lowest BCUT2D eigenvalue weighted by atomic mass is 10.0. The molecule has 0 saturated carbocycles. The van der Waals surface area contributed by atoms with Crippen LogP contribution in [-0.2, 0) is 4.79 Å². The molecule has 0 radical (unpaired) electrons. The molecule has 5 nitrogen and oxygen atoms in total. The van der Waals surface area contributed by atoms with Gasteiger partial charge in [0.15, 0.2) is 0 Å². The van der Waals surface area contributed by atoms with Crippen LogP contribution in [0.1, 0.15) is 19.3 Å². The Morgan fingerprint density at radius 2 is 1.81 bits per heavy atom. The molecule has 0 bridgehead atoms. The standard InChI is InChI=1S/C16H23N3O2/c20-14-6-4-13(5-7-14)18-9-11-19(12-10-18)16(21)15-3-1-2-8-17-15/h4-7,15,17,20H,1-3,8-12H2/t15-/m0/s1. The summed E-state index contributed by atoms with van der Waals surface area (Å²) in [6.07, 6.45) is 3.30. The molecule has 5 heteroatoms. The maximum Gasteiger partial charge on any atom is 0.239 e. The Balaban J connectivity index is 1.54. The minimum Gasteiger partial charge on any atom is -0.508 e. The topological polar surface area (TPSA) is 55.8 Å². The van der Waals surface area contributed by atoms with E-state index < -0.39 is 0 Å². The number of piperidine rings is 1. The first-order valence-electron chi connectivity index (χ1n) is 7.80. The second-order valence-corrected chi connectivity index (χ2v) is 5.83. The number of amides is 1. The van der Waals surface area contributed by atoms with Crippen LogP contribution in [0.15, 0.2) is 24.3 Å². The molecule has 1 aromatic rings. The number of phenolic OH excluding ortho intramolecular Hbond substituents is 1. The van der Waals surface area contributed by atoms with Crippen LogP contribution in [0.3, 0.4) is 0 Å². The highest BCUT2D eigenvalue weighted by Crippen LogP contribution is 2.20. The lowest BCUT2D eigenvalue weighted by molar-refractivity contribution is -0.134. The SMILES string of the molecule is O=C([C@@H]1CCCCN1)N1CCN(c2ccc(O)cc2)CC1. The fraction of sp³-hybridized carbons (Fsp3) is 0.562. The number of phenols is 1. The minimum atomic E-state index is 0.0268. The van der Waals surface area contributed by atoms with E-state index in [1.54, 1.807) is 12.1 Å². The number of piperazine rings is 1. The molecular formula is C16H23N3O2. The van der Waals surface area contributed by atoms with Gasteiger partial charge in [0.1, 0.15) is 5.75 Å². The quantitative estimate of drug-likeness (QED) is 0.858. The Labute approximate surface area is 125 Å². The van der Waals surface area contributed by atoms with Crippen molar-refractivity contribution in [2.24, 2.45) is 0 Å². The molecule has 1 aromatic carbocycles. The highest BCUT2D eigenvalue weighted by atomic mass is 16.3. The molecule has 1 amide bonds. The van der Waals surface area contributed by atoms with Crippen molar-refractivity contribution >= 4 is 11.6 Å². The van der Waals surface area contributed by atoms with Crippen molar-refractivity contribution in [3.05, 3.63) is 24.3 Å². The first kappa shape index (κ1) is 14.2. The summed E-state index contributed by atoms with van der Waals surface area (Å²) in [5, 5.41) is 12.7. The molecule has 21 heavy (non-hydrogen) atoms. The molecule has 3 rings (SSSR count). The van der Waals surface area contributed by atoms with Crippen molar-refractivity contribution < 1.29 is 9.90 Å². The summed E-state index contributed by atoms with van der Waals surface area (Å²) in [6.45, 7) is 4.21. The van der Waals surface area contributed by atoms with Crippen molar-refractivity contribution in [3.8, 4) is 5.75 Å². The Morgan fingerprint density at radius 3 is 2.43 bits per heavy atom. The molecule has 114 valence electrons. The van der Waals surface area contributed by atoms with E-state index in [0.717, 1.165) is 51.3 Å². The largest absolute Gasteiger partial charge is 0.508 e. The fourth-order valence-electron chi connectivity index (χ4n) is 3.13. The third-order valence-electron chi connectivity index (χ3n) is 4.41. The molecule has 1 atom stereocenters. The van der Waals surface area contributed by atoms with Gasteiger partial charge in [0, 0.05) is 31.9 Å². The van der Waals surface area contributed by atoms with Gasteiger partial charge in [0.05, 0.1) is 6.04 Å². The Morgan fingerprint density at radius 1 is 1.10 bits per heavy atom. The van der Waals surface area contributed by atoms with E-state index in [1.807, 2.05) is 17.0 Å². The van der Waals surface area contributed by atoms with Gasteiger partial charge in [-0.2, -0.15) is 0 Å². The van der Waals surface area contributed by atoms with E-state index >= 15 is 0 Å². The predicted molar refractivity (Wildman–Crippen MR) is 82.5 cm³/mol. The number of benzene rings is 1. The number of hydrogen-bond donors (Lipinski definition) is 2. The van der Waals surface area contributed by atoms with Crippen LogP contribution in [0.2, 0.25) is 0 Å². The van der Waals surface area contributed by atoms with Crippen LogP contribution >= 0.6 is 0 Å². The van der Waals surface area contributed by atoms with Gasteiger partial charge in [0.2, 0.25) is 5.91 Å². The highest BCUT2D eigenvalue weighted by Gasteiger charge is 2.28. The average Bonchev–Trinajstić information content (AvgIpc) is 2.56. The summed E-state index contributed by atoms with van der Waals surface area (Å²) < 4.78 is 0. The van der Waals surface area contributed by atoms with Crippen molar-refractivity contribution in [3.63, 3.8) is 0 Å². The molecule has 0 spiro atoms. The van der Waals surface area contributed by atoms with Crippen molar-refractivity contribution in [2.45, 2.75) is 25.3 Å². The molecule has 2 aliphatic heterocycles. The molecule has 2 aliphatic rings. The summed E-state index contributed by atoms with van der Waals surface area (Å²) >= 11 is 0. The number of nitrogens with one attached hydrogen (secondary N) is 1. The molecular weight excluding hydrogens is 266 g/mol.